The molecule has 0 saturated carbocycles. The predicted molar refractivity (Wildman–Crippen MR) is 30.6 cm³/mol. The Labute approximate surface area is 136 Å². The molecule has 0 atom stereocenters. The molecule has 0 bridgehead atoms. The molecule has 104 valence electrons. The predicted octanol–water partition coefficient (Wildman–Crippen LogP) is -1.04. The van der Waals surface area contributed by atoms with Crippen LogP contribution in [0.1, 0.15) is 0 Å². The zero-order valence-electron chi connectivity index (χ0n) is 8.03. The van der Waals surface area contributed by atoms with E-state index in [9.17, 15) is 52.5 Å². The van der Waals surface area contributed by atoms with Gasteiger partial charge in [0, 0.05) is 0 Å². The van der Waals surface area contributed by atoms with E-state index in [1.807, 2.05) is 0 Å². The van der Waals surface area contributed by atoms with Gasteiger partial charge in [-0.1, -0.05) is 0 Å². The van der Waals surface area contributed by atoms with Crippen molar-refractivity contribution in [2.45, 2.75) is 23.3 Å². The minimum atomic E-state index is -7.52. The molecule has 0 N–H and O–H groups in total. The van der Waals surface area contributed by atoms with E-state index in [1.165, 1.54) is 0 Å². The average Bonchev–Trinajstić information content (AvgIpc) is 1.95. The van der Waals surface area contributed by atoms with E-state index in [0.29, 0.717) is 0 Å². The summed E-state index contributed by atoms with van der Waals surface area (Å²) in [5, 5.41) is -7.24. The molecule has 0 aliphatic heterocycles. The van der Waals surface area contributed by atoms with Crippen molar-refractivity contribution in [2.24, 2.45) is 0 Å². The molecular weight excluding hydrogens is 338 g/mol. The molecule has 0 saturated heterocycles. The van der Waals surface area contributed by atoms with Crippen LogP contribution in [0.2, 0.25) is 0 Å². The maximum atomic E-state index is 12.5. The third-order valence-electron chi connectivity index (χ3n) is 1.50. The standard InChI is InChI=1S/C4HF9O3S.K/c5-1(2(6,7)8,3(9,10)11)4(12,13)17(14,15)16;/h(H,14,15,16);/q;+1/p-1. The molecule has 0 unspecified atom stereocenters. The first-order valence-corrected chi connectivity index (χ1v) is 4.56. The second kappa shape index (κ2) is 5.36. The van der Waals surface area contributed by atoms with Gasteiger partial charge in [-0.25, -0.2) is 12.8 Å². The zero-order valence-corrected chi connectivity index (χ0v) is 12.0. The summed E-state index contributed by atoms with van der Waals surface area (Å²) in [5.41, 5.74) is -7.48. The van der Waals surface area contributed by atoms with Crippen LogP contribution in [0, 0.1) is 0 Å². The van der Waals surface area contributed by atoms with Crippen molar-refractivity contribution < 1.29 is 104 Å². The summed E-state index contributed by atoms with van der Waals surface area (Å²) in [7, 11) is -7.52. The summed E-state index contributed by atoms with van der Waals surface area (Å²) in [4.78, 5) is 0. The van der Waals surface area contributed by atoms with Gasteiger partial charge in [-0.05, 0) is 0 Å². The van der Waals surface area contributed by atoms with Gasteiger partial charge in [-0.2, -0.15) is 35.1 Å². The minimum absolute atomic E-state index is 0. The molecular formula is C4F9KO3S. The Morgan fingerprint density at radius 2 is 0.944 bits per heavy atom. The number of rotatable bonds is 2. The van der Waals surface area contributed by atoms with Crippen molar-refractivity contribution in [1.29, 1.82) is 0 Å². The molecule has 0 aromatic rings. The topological polar surface area (TPSA) is 57.2 Å². The van der Waals surface area contributed by atoms with Crippen molar-refractivity contribution in [3.63, 3.8) is 0 Å². The van der Waals surface area contributed by atoms with Gasteiger partial charge in [0.2, 0.25) is 0 Å². The first-order valence-electron chi connectivity index (χ1n) is 3.15. The van der Waals surface area contributed by atoms with Crippen LogP contribution in [0.4, 0.5) is 39.5 Å². The Morgan fingerprint density at radius 3 is 1.00 bits per heavy atom. The van der Waals surface area contributed by atoms with Crippen molar-refractivity contribution >= 4 is 10.1 Å². The number of halogens is 9. The third-order valence-corrected chi connectivity index (χ3v) is 2.41. The van der Waals surface area contributed by atoms with Crippen LogP contribution in [-0.2, 0) is 10.1 Å². The molecule has 3 nitrogen and oxygen atoms in total. The Kier molecular flexibility index (Phi) is 6.32. The Bertz CT molecular complexity index is 381. The monoisotopic (exact) mass is 338 g/mol. The zero-order chi connectivity index (χ0) is 14.5. The largest absolute Gasteiger partial charge is 1.00 e. The van der Waals surface area contributed by atoms with Gasteiger partial charge in [0.05, 0.1) is 0 Å². The fraction of sp³-hybridized carbons (Fsp3) is 1.00. The molecule has 0 aliphatic rings. The molecule has 0 rings (SSSR count). The Morgan fingerprint density at radius 1 is 0.722 bits per heavy atom. The smallest absolute Gasteiger partial charge is 0.743 e. The summed E-state index contributed by atoms with van der Waals surface area (Å²) in [6.45, 7) is 0. The van der Waals surface area contributed by atoms with Crippen LogP contribution in [0.5, 0.6) is 0 Å². The van der Waals surface area contributed by atoms with Gasteiger partial charge in [0.15, 0.2) is 10.1 Å². The Balaban J connectivity index is 0. The van der Waals surface area contributed by atoms with Gasteiger partial charge in [0.25, 0.3) is 0 Å². The minimum Gasteiger partial charge on any atom is -0.743 e. The van der Waals surface area contributed by atoms with Gasteiger partial charge < -0.3 is 4.55 Å². The molecule has 18 heavy (non-hydrogen) atoms. The van der Waals surface area contributed by atoms with Gasteiger partial charge in [-0.15, -0.1) is 0 Å². The molecule has 0 amide bonds. The molecule has 14 heteroatoms. The van der Waals surface area contributed by atoms with E-state index >= 15 is 0 Å². The fourth-order valence-corrected chi connectivity index (χ4v) is 1.24. The van der Waals surface area contributed by atoms with E-state index in [-0.39, 0.29) is 51.4 Å². The van der Waals surface area contributed by atoms with Crippen LogP contribution in [-0.4, -0.2) is 36.2 Å². The van der Waals surface area contributed by atoms with Gasteiger partial charge in [0.1, 0.15) is 0 Å². The first-order chi connectivity index (χ1) is 7.00. The molecule has 0 spiro atoms. The number of alkyl halides is 9. The van der Waals surface area contributed by atoms with Gasteiger partial charge in [-0.3, -0.25) is 0 Å². The van der Waals surface area contributed by atoms with E-state index in [2.05, 4.69) is 0 Å². The Hall–Kier alpha value is 0.916. The van der Waals surface area contributed by atoms with Crippen molar-refractivity contribution in [2.75, 3.05) is 0 Å². The SMILES string of the molecule is O=S(=O)([O-])C(F)(F)C(F)(C(F)(F)F)C(F)(F)F.[K+]. The van der Waals surface area contributed by atoms with Crippen molar-refractivity contribution in [3.05, 3.63) is 0 Å². The van der Waals surface area contributed by atoms with Crippen LogP contribution in [0.3, 0.4) is 0 Å². The number of hydrogen-bond acceptors (Lipinski definition) is 3. The molecule has 0 aromatic carbocycles. The second-order valence-corrected chi connectivity index (χ2v) is 4.05. The maximum absolute atomic E-state index is 12.5. The quantitative estimate of drug-likeness (QED) is 0.367. The molecule has 0 radical (unpaired) electrons. The van der Waals surface area contributed by atoms with Crippen molar-refractivity contribution in [3.8, 4) is 0 Å². The molecule has 0 fully saturated rings. The van der Waals surface area contributed by atoms with Crippen LogP contribution >= 0.6 is 0 Å². The van der Waals surface area contributed by atoms with Crippen LogP contribution in [0.25, 0.3) is 0 Å². The molecule has 0 aliphatic carbocycles. The van der Waals surface area contributed by atoms with Crippen LogP contribution in [0.15, 0.2) is 0 Å². The summed E-state index contributed by atoms with van der Waals surface area (Å²) in [5.74, 6) is 0. The fourth-order valence-electron chi connectivity index (χ4n) is 0.663. The summed E-state index contributed by atoms with van der Waals surface area (Å²) in [6.07, 6.45) is -14.7. The average molecular weight is 338 g/mol. The normalized spacial score (nSPS) is 15.2. The van der Waals surface area contributed by atoms with E-state index in [1.54, 1.807) is 0 Å². The van der Waals surface area contributed by atoms with E-state index in [4.69, 9.17) is 0 Å². The summed E-state index contributed by atoms with van der Waals surface area (Å²) < 4.78 is 136. The van der Waals surface area contributed by atoms with Crippen molar-refractivity contribution in [1.82, 2.24) is 0 Å². The molecule has 0 heterocycles. The van der Waals surface area contributed by atoms with Crippen LogP contribution < -0.4 is 51.4 Å². The summed E-state index contributed by atoms with van der Waals surface area (Å²) in [6, 6.07) is 0. The second-order valence-electron chi connectivity index (χ2n) is 2.62. The van der Waals surface area contributed by atoms with E-state index in [0.717, 1.165) is 0 Å². The molecule has 0 aromatic heterocycles. The first kappa shape index (κ1) is 21.2. The maximum Gasteiger partial charge on any atom is 1.00 e. The van der Waals surface area contributed by atoms with E-state index < -0.39 is 33.4 Å². The summed E-state index contributed by atoms with van der Waals surface area (Å²) >= 11 is 0. The number of hydrogen-bond donors (Lipinski definition) is 0. The third kappa shape index (κ3) is 3.14. The van der Waals surface area contributed by atoms with Gasteiger partial charge >= 0.3 is 74.7 Å².